The van der Waals surface area contributed by atoms with Crippen LogP contribution >= 0.6 is 22.7 Å². The molecule has 0 aliphatic carbocycles. The van der Waals surface area contributed by atoms with Gasteiger partial charge in [0.15, 0.2) is 5.01 Å². The Morgan fingerprint density at radius 3 is 2.15 bits per heavy atom. The van der Waals surface area contributed by atoms with Crippen LogP contribution in [0.3, 0.4) is 0 Å². The number of benzene rings is 4. The van der Waals surface area contributed by atoms with Crippen LogP contribution in [0.4, 0.5) is 0 Å². The Morgan fingerprint density at radius 2 is 1.43 bits per heavy atom. The Balaban J connectivity index is 0.000000549. The topological polar surface area (TPSA) is 100 Å². The van der Waals surface area contributed by atoms with E-state index < -0.39 is 0 Å². The molecule has 0 radical (unpaired) electrons. The van der Waals surface area contributed by atoms with Crippen molar-refractivity contribution in [2.75, 3.05) is 0 Å². The predicted octanol–water partition coefficient (Wildman–Crippen LogP) is 11.2. The summed E-state index contributed by atoms with van der Waals surface area (Å²) in [4.78, 5) is 4.97. The van der Waals surface area contributed by atoms with Gasteiger partial charge in [-0.25, -0.2) is 14.3 Å². The average Bonchev–Trinajstić information content (AvgIpc) is 4.08. The van der Waals surface area contributed by atoms with Crippen molar-refractivity contribution in [3.05, 3.63) is 146 Å². The molecule has 0 spiro atoms. The van der Waals surface area contributed by atoms with Gasteiger partial charge in [0.2, 0.25) is 0 Å². The largest absolute Gasteiger partial charge is 0.456 e. The molecule has 4 aromatic carbocycles. The third-order valence-electron chi connectivity index (χ3n) is 8.83. The highest BCUT2D eigenvalue weighted by Crippen LogP contribution is 2.38. The van der Waals surface area contributed by atoms with Gasteiger partial charge in [0, 0.05) is 33.2 Å². The van der Waals surface area contributed by atoms with Gasteiger partial charge in [0.1, 0.15) is 31.9 Å². The molecule has 0 N–H and O–H groups in total. The zero-order valence-electron chi connectivity index (χ0n) is 30.0. The molecule has 0 unspecified atom stereocenters. The maximum absolute atomic E-state index is 6.26. The zero-order chi connectivity index (χ0) is 37.0. The van der Waals surface area contributed by atoms with Gasteiger partial charge in [-0.15, -0.1) is 15.3 Å². The highest BCUT2D eigenvalue weighted by atomic mass is 32.1. The van der Waals surface area contributed by atoms with Crippen molar-refractivity contribution in [1.29, 1.82) is 0 Å². The molecule has 0 fully saturated rings. The van der Waals surface area contributed by atoms with Crippen molar-refractivity contribution >= 4 is 44.6 Å². The molecule has 9 aromatic rings. The van der Waals surface area contributed by atoms with E-state index >= 15 is 0 Å². The second-order valence-electron chi connectivity index (χ2n) is 12.1. The number of aryl methyl sites for hydroxylation is 2. The number of fused-ring (bicyclic) bond motifs is 6. The van der Waals surface area contributed by atoms with E-state index in [-0.39, 0.29) is 0 Å². The number of aromatic nitrogens is 8. The molecular formula is C43H36N8OS2. The maximum atomic E-state index is 6.26. The Kier molecular flexibility index (Phi) is 9.89. The van der Waals surface area contributed by atoms with Crippen molar-refractivity contribution in [2.24, 2.45) is 0 Å². The molecule has 0 atom stereocenters. The number of allylic oxidation sites excluding steroid dienone is 3. The quantitative estimate of drug-likeness (QED) is 0.156. The van der Waals surface area contributed by atoms with Crippen molar-refractivity contribution in [2.45, 2.75) is 33.6 Å². The van der Waals surface area contributed by atoms with Crippen LogP contribution in [0, 0.1) is 0 Å². The molecule has 0 amide bonds. The van der Waals surface area contributed by atoms with Crippen LogP contribution < -0.4 is 0 Å². The van der Waals surface area contributed by atoms with E-state index in [1.165, 1.54) is 17.0 Å². The normalized spacial score (nSPS) is 11.8. The Morgan fingerprint density at radius 1 is 0.722 bits per heavy atom. The van der Waals surface area contributed by atoms with E-state index in [1.807, 2.05) is 87.5 Å². The number of hydrogen-bond acceptors (Lipinski definition) is 9. The molecule has 54 heavy (non-hydrogen) atoms. The summed E-state index contributed by atoms with van der Waals surface area (Å²) in [6, 6.07) is 34.9. The molecule has 1 aliphatic rings. The first-order valence-electron chi connectivity index (χ1n) is 17.8. The smallest absolute Gasteiger partial charge is 0.168 e. The third-order valence-corrected chi connectivity index (χ3v) is 10.9. The lowest BCUT2D eigenvalue weighted by Gasteiger charge is -2.11. The van der Waals surface area contributed by atoms with Gasteiger partial charge >= 0.3 is 0 Å². The number of furan rings is 1. The first-order valence-corrected chi connectivity index (χ1v) is 19.5. The highest BCUT2D eigenvalue weighted by Gasteiger charge is 2.24. The lowest BCUT2D eigenvalue weighted by molar-refractivity contribution is 0.668. The monoisotopic (exact) mass is 744 g/mol. The van der Waals surface area contributed by atoms with Gasteiger partial charge in [-0.2, -0.15) is 5.10 Å². The minimum atomic E-state index is 0.747. The fourth-order valence-corrected chi connectivity index (χ4v) is 8.27. The fourth-order valence-electron chi connectivity index (χ4n) is 6.33. The van der Waals surface area contributed by atoms with Crippen LogP contribution in [0.15, 0.2) is 139 Å². The molecule has 0 saturated carbocycles. The summed E-state index contributed by atoms with van der Waals surface area (Å²) in [5.74, 6) is 0. The van der Waals surface area contributed by atoms with Crippen molar-refractivity contribution in [3.8, 4) is 53.8 Å². The molecular weight excluding hydrogens is 709 g/mol. The molecule has 11 heteroatoms. The zero-order valence-corrected chi connectivity index (χ0v) is 31.7. The summed E-state index contributed by atoms with van der Waals surface area (Å²) in [7, 11) is 0. The van der Waals surface area contributed by atoms with Crippen LogP contribution in [0.5, 0.6) is 0 Å². The van der Waals surface area contributed by atoms with E-state index in [0.29, 0.717) is 0 Å². The van der Waals surface area contributed by atoms with Crippen molar-refractivity contribution < 1.29 is 4.42 Å². The highest BCUT2D eigenvalue weighted by molar-refractivity contribution is 7.18. The number of rotatable bonds is 6. The summed E-state index contributed by atoms with van der Waals surface area (Å²) in [5.41, 5.74) is 9.69. The van der Waals surface area contributed by atoms with Crippen molar-refractivity contribution in [1.82, 2.24) is 40.0 Å². The summed E-state index contributed by atoms with van der Waals surface area (Å²) in [6.45, 7) is 9.42. The lowest BCUT2D eigenvalue weighted by atomic mass is 10.1. The number of thiazole rings is 1. The van der Waals surface area contributed by atoms with Crippen LogP contribution in [-0.2, 0) is 12.8 Å². The first kappa shape index (κ1) is 34.8. The van der Waals surface area contributed by atoms with Gasteiger partial charge in [-0.1, -0.05) is 127 Å². The molecule has 0 saturated heterocycles. The molecule has 9 nitrogen and oxygen atoms in total. The second-order valence-corrected chi connectivity index (χ2v) is 14.1. The summed E-state index contributed by atoms with van der Waals surface area (Å²) in [5, 5.41) is 28.3. The van der Waals surface area contributed by atoms with Gasteiger partial charge in [-0.3, -0.25) is 0 Å². The average molecular weight is 745 g/mol. The fraction of sp³-hybridized carbons (Fsp3) is 0.116. The Hall–Kier alpha value is -6.30. The standard InChI is InChI=1S/C36H22N8OS2.C5H8.C2H6/c1-3-7-21(8-4-1)33-38-28-14-12-25-19-29(41-44(25)36(28)47-33)23-11-15-31-26(17-23)27-18-24(13-16-32(27)45-31)43-30(20-37-42-43)35-40-39-34(46-35)22-9-5-2-6-10-22;1-3-5-4-2;1-2/h1-11,13,15-20H,12,14H2;3-5H,1H2,2H3;1-2H3/b;5-4-;. The first-order chi connectivity index (χ1) is 26.7. The summed E-state index contributed by atoms with van der Waals surface area (Å²) < 4.78 is 10.1. The van der Waals surface area contributed by atoms with E-state index in [2.05, 4.69) is 80.3 Å². The minimum Gasteiger partial charge on any atom is -0.456 e. The Bertz CT molecular complexity index is 2730. The van der Waals surface area contributed by atoms with Gasteiger partial charge < -0.3 is 4.42 Å². The molecule has 5 aromatic heterocycles. The molecule has 266 valence electrons. The predicted molar refractivity (Wildman–Crippen MR) is 220 cm³/mol. The minimum absolute atomic E-state index is 0.747. The van der Waals surface area contributed by atoms with E-state index in [1.54, 1.807) is 28.3 Å². The van der Waals surface area contributed by atoms with Gasteiger partial charge in [-0.05, 0) is 62.2 Å². The van der Waals surface area contributed by atoms with E-state index in [0.717, 1.165) is 94.3 Å². The Labute approximate surface area is 320 Å². The van der Waals surface area contributed by atoms with E-state index in [4.69, 9.17) is 14.5 Å². The molecule has 6 heterocycles. The number of nitrogens with zero attached hydrogens (tertiary/aromatic N) is 8. The van der Waals surface area contributed by atoms with Gasteiger partial charge in [0.05, 0.1) is 23.3 Å². The third kappa shape index (κ3) is 6.59. The second kappa shape index (κ2) is 15.4. The van der Waals surface area contributed by atoms with Crippen molar-refractivity contribution in [3.63, 3.8) is 0 Å². The number of hydrogen-bond donors (Lipinski definition) is 0. The van der Waals surface area contributed by atoms with Crippen LogP contribution in [0.2, 0.25) is 0 Å². The van der Waals surface area contributed by atoms with Crippen LogP contribution in [0.1, 0.15) is 32.2 Å². The van der Waals surface area contributed by atoms with E-state index in [9.17, 15) is 0 Å². The van der Waals surface area contributed by atoms with Crippen LogP contribution in [-0.4, -0.2) is 40.0 Å². The van der Waals surface area contributed by atoms with Gasteiger partial charge in [0.25, 0.3) is 0 Å². The molecule has 10 rings (SSSR count). The lowest BCUT2D eigenvalue weighted by Crippen LogP contribution is -2.10. The summed E-state index contributed by atoms with van der Waals surface area (Å²) in [6.07, 6.45) is 9.11. The molecule has 0 bridgehead atoms. The molecule has 1 aliphatic heterocycles. The maximum Gasteiger partial charge on any atom is 0.168 e. The summed E-state index contributed by atoms with van der Waals surface area (Å²) >= 11 is 3.21. The SMILES string of the molecule is C=C/C=C\C.CC.c1ccc(-c2nnc(-c3cnnn3-c3ccc4oc5ccc(-c6cc7n(n6)-c6sc(-c8ccccc8)nc6CC7)cc5c4c3)s2)cc1. The van der Waals surface area contributed by atoms with Crippen LogP contribution in [0.25, 0.3) is 75.7 Å².